The molecule has 0 aliphatic rings. The van der Waals surface area contributed by atoms with Crippen LogP contribution in [-0.4, -0.2) is 22.9 Å². The number of nitrogens with two attached hydrogens (primary N) is 1. The summed E-state index contributed by atoms with van der Waals surface area (Å²) in [5, 5.41) is 7.21. The highest BCUT2D eigenvalue weighted by Crippen LogP contribution is 2.15. The summed E-state index contributed by atoms with van der Waals surface area (Å²) in [6.07, 6.45) is 3.42. The van der Waals surface area contributed by atoms with E-state index in [1.165, 1.54) is 4.68 Å². The van der Waals surface area contributed by atoms with E-state index in [4.69, 9.17) is 5.73 Å². The number of hydrogen-bond acceptors (Lipinski definition) is 4. The molecule has 0 saturated heterocycles. The Kier molecular flexibility index (Phi) is 5.48. The van der Waals surface area contributed by atoms with Gasteiger partial charge in [-0.15, -0.1) is 0 Å². The third-order valence-electron chi connectivity index (χ3n) is 2.12. The molecule has 5 nitrogen and oxygen atoms in total. The Bertz CT molecular complexity index is 391. The molecule has 6 heteroatoms. The van der Waals surface area contributed by atoms with E-state index in [1.807, 2.05) is 6.92 Å². The van der Waals surface area contributed by atoms with Crippen LogP contribution in [-0.2, 0) is 6.54 Å². The highest BCUT2D eigenvalue weighted by atomic mass is 79.9. The maximum atomic E-state index is 11.8. The highest BCUT2D eigenvalue weighted by Gasteiger charge is 2.07. The Labute approximate surface area is 103 Å². The second kappa shape index (κ2) is 6.65. The van der Waals surface area contributed by atoms with Crippen LogP contribution in [0.5, 0.6) is 0 Å². The first-order chi connectivity index (χ1) is 7.70. The zero-order chi connectivity index (χ0) is 12.0. The molecular formula is C10H17BrN4O. The topological polar surface area (TPSA) is 72.9 Å². The summed E-state index contributed by atoms with van der Waals surface area (Å²) in [6.45, 7) is 4.02. The number of hydrogen-bond donors (Lipinski definition) is 2. The van der Waals surface area contributed by atoms with Crippen molar-refractivity contribution in [1.82, 2.24) is 9.78 Å². The number of aromatic nitrogens is 2. The lowest BCUT2D eigenvalue weighted by atomic mass is 10.4. The van der Waals surface area contributed by atoms with E-state index in [0.717, 1.165) is 25.1 Å². The summed E-state index contributed by atoms with van der Waals surface area (Å²) in [7, 11) is 0. The van der Waals surface area contributed by atoms with Gasteiger partial charge in [0.25, 0.3) is 5.56 Å². The molecule has 0 aromatic carbocycles. The van der Waals surface area contributed by atoms with Crippen molar-refractivity contribution in [2.24, 2.45) is 5.73 Å². The molecule has 1 heterocycles. The summed E-state index contributed by atoms with van der Waals surface area (Å²) >= 11 is 3.29. The van der Waals surface area contributed by atoms with E-state index in [2.05, 4.69) is 26.3 Å². The van der Waals surface area contributed by atoms with Crippen molar-refractivity contribution in [3.05, 3.63) is 21.0 Å². The maximum Gasteiger partial charge on any atom is 0.283 e. The smallest absolute Gasteiger partial charge is 0.283 e. The van der Waals surface area contributed by atoms with Crippen molar-refractivity contribution < 1.29 is 0 Å². The first kappa shape index (κ1) is 13.2. The molecule has 1 aromatic rings. The number of rotatable bonds is 6. The van der Waals surface area contributed by atoms with Crippen LogP contribution in [0.25, 0.3) is 0 Å². The van der Waals surface area contributed by atoms with Gasteiger partial charge < -0.3 is 11.1 Å². The zero-order valence-corrected chi connectivity index (χ0v) is 11.0. The first-order valence-electron chi connectivity index (χ1n) is 5.40. The summed E-state index contributed by atoms with van der Waals surface area (Å²) in [6, 6.07) is 0. The predicted molar refractivity (Wildman–Crippen MR) is 68.6 cm³/mol. The SMILES string of the molecule is CCCn1ncc(NCCCN)c(Br)c1=O. The quantitative estimate of drug-likeness (QED) is 0.771. The van der Waals surface area contributed by atoms with Crippen LogP contribution in [0.15, 0.2) is 15.5 Å². The number of anilines is 1. The molecule has 0 unspecified atom stereocenters. The fourth-order valence-electron chi connectivity index (χ4n) is 1.28. The van der Waals surface area contributed by atoms with Gasteiger partial charge in [0.2, 0.25) is 0 Å². The average molecular weight is 289 g/mol. The standard InChI is InChI=1S/C10H17BrN4O/c1-2-6-15-10(16)9(11)8(7-14-15)13-5-3-4-12/h7,13H,2-6,12H2,1H3. The molecule has 0 spiro atoms. The lowest BCUT2D eigenvalue weighted by Crippen LogP contribution is -2.24. The largest absolute Gasteiger partial charge is 0.383 e. The van der Waals surface area contributed by atoms with Crippen molar-refractivity contribution in [1.29, 1.82) is 0 Å². The van der Waals surface area contributed by atoms with Crippen LogP contribution in [0, 0.1) is 0 Å². The Morgan fingerprint density at radius 3 is 3.00 bits per heavy atom. The molecular weight excluding hydrogens is 272 g/mol. The fourth-order valence-corrected chi connectivity index (χ4v) is 1.73. The van der Waals surface area contributed by atoms with Gasteiger partial charge in [0.15, 0.2) is 0 Å². The van der Waals surface area contributed by atoms with Gasteiger partial charge in [0.1, 0.15) is 4.47 Å². The van der Waals surface area contributed by atoms with Crippen molar-refractivity contribution >= 4 is 21.6 Å². The summed E-state index contributed by atoms with van der Waals surface area (Å²) < 4.78 is 1.99. The minimum Gasteiger partial charge on any atom is -0.383 e. The van der Waals surface area contributed by atoms with E-state index in [1.54, 1.807) is 6.20 Å². The van der Waals surface area contributed by atoms with Gasteiger partial charge in [-0.1, -0.05) is 6.92 Å². The van der Waals surface area contributed by atoms with Crippen molar-refractivity contribution in [2.75, 3.05) is 18.4 Å². The van der Waals surface area contributed by atoms with Crippen molar-refractivity contribution in [3.8, 4) is 0 Å². The van der Waals surface area contributed by atoms with Crippen molar-refractivity contribution in [3.63, 3.8) is 0 Å². The zero-order valence-electron chi connectivity index (χ0n) is 9.37. The second-order valence-electron chi connectivity index (χ2n) is 3.47. The molecule has 0 saturated carbocycles. The molecule has 0 amide bonds. The Morgan fingerprint density at radius 2 is 2.38 bits per heavy atom. The molecule has 16 heavy (non-hydrogen) atoms. The first-order valence-corrected chi connectivity index (χ1v) is 6.19. The average Bonchev–Trinajstić information content (AvgIpc) is 2.28. The van der Waals surface area contributed by atoms with Gasteiger partial charge in [0.05, 0.1) is 11.9 Å². The Balaban J connectivity index is 2.81. The molecule has 0 aliphatic carbocycles. The predicted octanol–water partition coefficient (Wildman–Crippen LogP) is 1.18. The molecule has 1 aromatic heterocycles. The van der Waals surface area contributed by atoms with E-state index in [0.29, 0.717) is 17.6 Å². The third-order valence-corrected chi connectivity index (χ3v) is 2.88. The number of nitrogens with zero attached hydrogens (tertiary/aromatic N) is 2. The molecule has 0 atom stereocenters. The van der Waals surface area contributed by atoms with Crippen LogP contribution in [0.4, 0.5) is 5.69 Å². The van der Waals surface area contributed by atoms with E-state index in [9.17, 15) is 4.79 Å². The van der Waals surface area contributed by atoms with Crippen LogP contribution in [0.2, 0.25) is 0 Å². The highest BCUT2D eigenvalue weighted by molar-refractivity contribution is 9.10. The minimum absolute atomic E-state index is 0.0976. The molecule has 0 radical (unpaired) electrons. The molecule has 90 valence electrons. The Hall–Kier alpha value is -0.880. The molecule has 0 fully saturated rings. The van der Waals surface area contributed by atoms with E-state index >= 15 is 0 Å². The third kappa shape index (κ3) is 3.31. The summed E-state index contributed by atoms with van der Waals surface area (Å²) in [5.74, 6) is 0. The van der Waals surface area contributed by atoms with Crippen LogP contribution in [0.1, 0.15) is 19.8 Å². The second-order valence-corrected chi connectivity index (χ2v) is 4.26. The number of aryl methyl sites for hydroxylation is 1. The fraction of sp³-hybridized carbons (Fsp3) is 0.600. The van der Waals surface area contributed by atoms with Crippen LogP contribution >= 0.6 is 15.9 Å². The monoisotopic (exact) mass is 288 g/mol. The summed E-state index contributed by atoms with van der Waals surface area (Å²) in [5.41, 5.74) is 6.02. The van der Waals surface area contributed by atoms with Crippen LogP contribution < -0.4 is 16.6 Å². The van der Waals surface area contributed by atoms with Gasteiger partial charge >= 0.3 is 0 Å². The lowest BCUT2D eigenvalue weighted by Gasteiger charge is -2.09. The van der Waals surface area contributed by atoms with Gasteiger partial charge in [-0.25, -0.2) is 4.68 Å². The van der Waals surface area contributed by atoms with Gasteiger partial charge in [-0.05, 0) is 35.3 Å². The van der Waals surface area contributed by atoms with E-state index < -0.39 is 0 Å². The van der Waals surface area contributed by atoms with E-state index in [-0.39, 0.29) is 5.56 Å². The van der Waals surface area contributed by atoms with Crippen molar-refractivity contribution in [2.45, 2.75) is 26.3 Å². The van der Waals surface area contributed by atoms with Gasteiger partial charge in [0, 0.05) is 13.1 Å². The number of halogens is 1. The molecule has 0 aliphatic heterocycles. The number of nitrogens with one attached hydrogen (secondary N) is 1. The minimum atomic E-state index is -0.0976. The lowest BCUT2D eigenvalue weighted by molar-refractivity contribution is 0.566. The maximum absolute atomic E-state index is 11.8. The molecule has 3 N–H and O–H groups in total. The van der Waals surface area contributed by atoms with Gasteiger partial charge in [-0.3, -0.25) is 4.79 Å². The normalized spacial score (nSPS) is 10.4. The van der Waals surface area contributed by atoms with Gasteiger partial charge in [-0.2, -0.15) is 5.10 Å². The Morgan fingerprint density at radius 1 is 1.62 bits per heavy atom. The molecule has 1 rings (SSSR count). The molecule has 0 bridgehead atoms. The van der Waals surface area contributed by atoms with Crippen LogP contribution in [0.3, 0.4) is 0 Å². The summed E-state index contributed by atoms with van der Waals surface area (Å²) in [4.78, 5) is 11.8.